The molecule has 0 saturated heterocycles. The molecule has 160 valence electrons. The molecular formula is C21H20ClN5O2S2. The number of aryl methyl sites for hydroxylation is 1. The largest absolute Gasteiger partial charge is 0.481 e. The van der Waals surface area contributed by atoms with Crippen molar-refractivity contribution in [1.82, 2.24) is 24.1 Å². The molecule has 0 aliphatic rings. The van der Waals surface area contributed by atoms with Crippen molar-refractivity contribution in [3.63, 3.8) is 0 Å². The van der Waals surface area contributed by atoms with Crippen LogP contribution in [0.1, 0.15) is 30.1 Å². The average molecular weight is 474 g/mol. The zero-order valence-corrected chi connectivity index (χ0v) is 19.4. The number of fused-ring (bicyclic) bond motifs is 1. The molecule has 3 aromatic heterocycles. The minimum absolute atomic E-state index is 0.0906. The molecule has 0 bridgehead atoms. The second-order valence-electron chi connectivity index (χ2n) is 6.86. The highest BCUT2D eigenvalue weighted by molar-refractivity contribution is 7.98. The number of rotatable bonds is 8. The first-order valence-electron chi connectivity index (χ1n) is 9.51. The van der Waals surface area contributed by atoms with Gasteiger partial charge >= 0.3 is 0 Å². The molecule has 4 aromatic rings. The Morgan fingerprint density at radius 3 is 3.00 bits per heavy atom. The van der Waals surface area contributed by atoms with E-state index in [-0.39, 0.29) is 11.7 Å². The lowest BCUT2D eigenvalue weighted by molar-refractivity contribution is 0.210. The van der Waals surface area contributed by atoms with Crippen LogP contribution in [0, 0.1) is 6.92 Å². The minimum Gasteiger partial charge on any atom is -0.481 e. The highest BCUT2D eigenvalue weighted by Crippen LogP contribution is 2.31. The lowest BCUT2D eigenvalue weighted by atomic mass is 10.2. The summed E-state index contributed by atoms with van der Waals surface area (Å²) in [6.45, 7) is 8.26. The smallest absolute Gasteiger partial charge is 0.258 e. The standard InChI is InChI=1S/C21H20ClN5O2S2/c1-4-7-27-19(14(3)29-17-10-13(2)5-6-16(17)22)24-25-21(27)31-12-15-11-18(28)26-8-9-30-20(26)23-15/h4-6,8-11,14H,1,7,12H2,2-3H3. The van der Waals surface area contributed by atoms with Crippen LogP contribution in [-0.2, 0) is 12.3 Å². The van der Waals surface area contributed by atoms with Crippen molar-refractivity contribution >= 4 is 39.7 Å². The van der Waals surface area contributed by atoms with Crippen LogP contribution in [-0.4, -0.2) is 24.1 Å². The minimum atomic E-state index is -0.369. The first-order chi connectivity index (χ1) is 15.0. The van der Waals surface area contributed by atoms with Crippen molar-refractivity contribution in [1.29, 1.82) is 0 Å². The molecule has 0 saturated carbocycles. The zero-order chi connectivity index (χ0) is 22.0. The van der Waals surface area contributed by atoms with Gasteiger partial charge in [-0.1, -0.05) is 35.5 Å². The Labute approximate surface area is 192 Å². The van der Waals surface area contributed by atoms with Crippen LogP contribution in [0.2, 0.25) is 5.02 Å². The van der Waals surface area contributed by atoms with E-state index in [0.29, 0.717) is 44.7 Å². The number of hydrogen-bond donors (Lipinski definition) is 0. The topological polar surface area (TPSA) is 74.3 Å². The van der Waals surface area contributed by atoms with Crippen molar-refractivity contribution in [2.45, 2.75) is 37.4 Å². The first kappa shape index (κ1) is 21.6. The highest BCUT2D eigenvalue weighted by atomic mass is 35.5. The van der Waals surface area contributed by atoms with Crippen molar-refractivity contribution in [2.75, 3.05) is 0 Å². The third-order valence-corrected chi connectivity index (χ3v) is 6.59. The molecule has 1 atom stereocenters. The molecule has 1 aromatic carbocycles. The normalized spacial score (nSPS) is 12.2. The fourth-order valence-corrected chi connectivity index (χ4v) is 4.80. The number of halogens is 1. The molecule has 1 unspecified atom stereocenters. The fourth-order valence-electron chi connectivity index (χ4n) is 3.05. The quantitative estimate of drug-likeness (QED) is 0.267. The van der Waals surface area contributed by atoms with E-state index < -0.39 is 0 Å². The Hall–Kier alpha value is -2.62. The van der Waals surface area contributed by atoms with E-state index in [1.807, 2.05) is 42.0 Å². The van der Waals surface area contributed by atoms with Crippen LogP contribution in [0.4, 0.5) is 0 Å². The molecule has 0 aliphatic heterocycles. The van der Waals surface area contributed by atoms with Gasteiger partial charge in [-0.3, -0.25) is 13.8 Å². The number of nitrogens with zero attached hydrogens (tertiary/aromatic N) is 5. The maximum absolute atomic E-state index is 12.2. The Morgan fingerprint density at radius 1 is 1.35 bits per heavy atom. The van der Waals surface area contributed by atoms with Crippen LogP contribution < -0.4 is 10.3 Å². The predicted molar refractivity (Wildman–Crippen MR) is 124 cm³/mol. The van der Waals surface area contributed by atoms with Gasteiger partial charge in [-0.15, -0.1) is 28.1 Å². The van der Waals surface area contributed by atoms with E-state index in [0.717, 1.165) is 5.56 Å². The van der Waals surface area contributed by atoms with Crippen molar-refractivity contribution in [3.05, 3.63) is 81.0 Å². The molecule has 0 aliphatic carbocycles. The van der Waals surface area contributed by atoms with E-state index in [1.165, 1.54) is 27.5 Å². The molecule has 0 fully saturated rings. The maximum Gasteiger partial charge on any atom is 0.258 e. The van der Waals surface area contributed by atoms with Crippen LogP contribution in [0.15, 0.2) is 58.4 Å². The number of aromatic nitrogens is 5. The van der Waals surface area contributed by atoms with Gasteiger partial charge in [0.15, 0.2) is 22.0 Å². The summed E-state index contributed by atoms with van der Waals surface area (Å²) >= 11 is 9.17. The summed E-state index contributed by atoms with van der Waals surface area (Å²) in [5.41, 5.74) is 1.66. The Bertz CT molecular complexity index is 1300. The van der Waals surface area contributed by atoms with E-state index >= 15 is 0 Å². The SMILES string of the molecule is C=CCn1c(SCc2cc(=O)n3ccsc3n2)nnc1C(C)Oc1cc(C)ccc1Cl. The highest BCUT2D eigenvalue weighted by Gasteiger charge is 2.20. The van der Waals surface area contributed by atoms with Gasteiger partial charge in [-0.2, -0.15) is 0 Å². The van der Waals surface area contributed by atoms with Crippen LogP contribution >= 0.6 is 34.7 Å². The fraction of sp³-hybridized carbons (Fsp3) is 0.238. The van der Waals surface area contributed by atoms with Crippen molar-refractivity contribution in [3.8, 4) is 5.75 Å². The van der Waals surface area contributed by atoms with Gasteiger partial charge in [-0.05, 0) is 31.5 Å². The summed E-state index contributed by atoms with van der Waals surface area (Å²) in [5.74, 6) is 1.77. The van der Waals surface area contributed by atoms with E-state index in [9.17, 15) is 4.79 Å². The van der Waals surface area contributed by atoms with Gasteiger partial charge in [-0.25, -0.2) is 4.98 Å². The van der Waals surface area contributed by atoms with Crippen LogP contribution in [0.3, 0.4) is 0 Å². The summed E-state index contributed by atoms with van der Waals surface area (Å²) in [6.07, 6.45) is 3.14. The van der Waals surface area contributed by atoms with Crippen LogP contribution in [0.25, 0.3) is 4.96 Å². The number of benzene rings is 1. The second kappa shape index (κ2) is 9.25. The summed E-state index contributed by atoms with van der Waals surface area (Å²) in [6, 6.07) is 7.19. The van der Waals surface area contributed by atoms with E-state index in [4.69, 9.17) is 16.3 Å². The molecule has 3 heterocycles. The molecule has 0 N–H and O–H groups in total. The second-order valence-corrected chi connectivity index (χ2v) is 9.09. The number of allylic oxidation sites excluding steroid dienone is 1. The van der Waals surface area contributed by atoms with Crippen LogP contribution in [0.5, 0.6) is 5.75 Å². The van der Waals surface area contributed by atoms with Crippen molar-refractivity contribution in [2.24, 2.45) is 0 Å². The molecule has 10 heteroatoms. The van der Waals surface area contributed by atoms with Gasteiger partial charge < -0.3 is 4.74 Å². The van der Waals surface area contributed by atoms with E-state index in [2.05, 4.69) is 21.8 Å². The summed E-state index contributed by atoms with van der Waals surface area (Å²) < 4.78 is 9.56. The molecule has 0 amide bonds. The molecule has 0 radical (unpaired) electrons. The number of ether oxygens (including phenoxy) is 1. The molecule has 0 spiro atoms. The third-order valence-electron chi connectivity index (χ3n) is 4.52. The first-order valence-corrected chi connectivity index (χ1v) is 11.8. The Morgan fingerprint density at radius 2 is 2.19 bits per heavy atom. The lowest BCUT2D eigenvalue weighted by Gasteiger charge is -2.17. The third kappa shape index (κ3) is 4.68. The van der Waals surface area contributed by atoms with Crippen molar-refractivity contribution < 1.29 is 4.74 Å². The Kier molecular flexibility index (Phi) is 6.45. The monoisotopic (exact) mass is 473 g/mol. The maximum atomic E-state index is 12.2. The molecular weight excluding hydrogens is 454 g/mol. The number of hydrogen-bond acceptors (Lipinski definition) is 7. The van der Waals surface area contributed by atoms with E-state index in [1.54, 1.807) is 18.3 Å². The molecule has 31 heavy (non-hydrogen) atoms. The average Bonchev–Trinajstić information content (AvgIpc) is 3.37. The molecule has 7 nitrogen and oxygen atoms in total. The Balaban J connectivity index is 1.55. The van der Waals surface area contributed by atoms with Gasteiger partial charge in [0.2, 0.25) is 0 Å². The summed E-state index contributed by atoms with van der Waals surface area (Å²) in [7, 11) is 0. The predicted octanol–water partition coefficient (Wildman–Crippen LogP) is 4.93. The zero-order valence-electron chi connectivity index (χ0n) is 17.0. The van der Waals surface area contributed by atoms with Gasteiger partial charge in [0.05, 0.1) is 10.7 Å². The number of thiazole rings is 1. The summed E-state index contributed by atoms with van der Waals surface area (Å²) in [4.78, 5) is 17.4. The van der Waals surface area contributed by atoms with Gasteiger partial charge in [0, 0.05) is 29.9 Å². The van der Waals surface area contributed by atoms with Gasteiger partial charge in [0.1, 0.15) is 5.75 Å². The van der Waals surface area contributed by atoms with Gasteiger partial charge in [0.25, 0.3) is 5.56 Å². The lowest BCUT2D eigenvalue weighted by Crippen LogP contribution is -2.13. The summed E-state index contributed by atoms with van der Waals surface area (Å²) in [5, 5.41) is 11.8. The number of thioether (sulfide) groups is 1. The molecule has 4 rings (SSSR count).